The molecule has 6 N–H and O–H groups in total. The van der Waals surface area contributed by atoms with E-state index in [1.165, 1.54) is 24.3 Å². The minimum Gasteiger partial charge on any atom is -0.494 e. The van der Waals surface area contributed by atoms with Gasteiger partial charge in [-0.15, -0.1) is 0 Å². The summed E-state index contributed by atoms with van der Waals surface area (Å²) in [6.45, 7) is -0.149. The molecular formula is C20H24N4O6S. The number of carbonyl (C=O) groups excluding carboxylic acids is 1. The number of aliphatic carboxylic acids is 1. The predicted molar refractivity (Wildman–Crippen MR) is 113 cm³/mol. The zero-order valence-electron chi connectivity index (χ0n) is 16.6. The van der Waals surface area contributed by atoms with Gasteiger partial charge in [-0.2, -0.15) is 4.72 Å². The van der Waals surface area contributed by atoms with Crippen molar-refractivity contribution in [3.05, 3.63) is 60.2 Å². The Labute approximate surface area is 180 Å². The van der Waals surface area contributed by atoms with Crippen LogP contribution in [0.1, 0.15) is 18.4 Å². The fraction of sp³-hybridized carbons (Fsp3) is 0.250. The van der Waals surface area contributed by atoms with Crippen LogP contribution in [0.5, 0.6) is 5.75 Å². The number of amides is 1. The number of hydrogen-bond donors (Lipinski definition) is 5. The summed E-state index contributed by atoms with van der Waals surface area (Å²) < 4.78 is 32.1. The summed E-state index contributed by atoms with van der Waals surface area (Å²) in [6, 6.07) is 12.5. The number of rotatable bonds is 12. The molecule has 166 valence electrons. The van der Waals surface area contributed by atoms with Crippen molar-refractivity contribution in [3.63, 3.8) is 0 Å². The van der Waals surface area contributed by atoms with Crippen LogP contribution in [-0.2, 0) is 19.6 Å². The number of benzene rings is 2. The second-order valence-electron chi connectivity index (χ2n) is 6.52. The number of amidine groups is 1. The van der Waals surface area contributed by atoms with Crippen LogP contribution >= 0.6 is 0 Å². The normalized spacial score (nSPS) is 12.0. The Morgan fingerprint density at radius 1 is 1.10 bits per heavy atom. The molecule has 0 aromatic heterocycles. The molecule has 0 bridgehead atoms. The van der Waals surface area contributed by atoms with Gasteiger partial charge >= 0.3 is 5.97 Å². The van der Waals surface area contributed by atoms with Crippen LogP contribution in [0, 0.1) is 5.41 Å². The van der Waals surface area contributed by atoms with Gasteiger partial charge in [-0.25, -0.2) is 8.42 Å². The molecule has 2 rings (SSSR count). The van der Waals surface area contributed by atoms with Gasteiger partial charge in [0.25, 0.3) is 0 Å². The van der Waals surface area contributed by atoms with Crippen LogP contribution in [0.15, 0.2) is 59.5 Å². The van der Waals surface area contributed by atoms with Crippen LogP contribution < -0.4 is 20.5 Å². The molecule has 1 amide bonds. The molecule has 0 heterocycles. The van der Waals surface area contributed by atoms with Gasteiger partial charge in [-0.05, 0) is 42.8 Å². The number of nitrogens with two attached hydrogens (primary N) is 1. The number of nitrogens with one attached hydrogen (secondary N) is 3. The van der Waals surface area contributed by atoms with E-state index in [0.717, 1.165) is 0 Å². The predicted octanol–water partition coefficient (Wildman–Crippen LogP) is 0.678. The minimum absolute atomic E-state index is 0.0473. The molecule has 0 aliphatic heterocycles. The molecule has 11 heteroatoms. The van der Waals surface area contributed by atoms with Crippen molar-refractivity contribution in [3.8, 4) is 5.75 Å². The Morgan fingerprint density at radius 2 is 1.74 bits per heavy atom. The third-order valence-corrected chi connectivity index (χ3v) is 5.62. The van der Waals surface area contributed by atoms with Gasteiger partial charge in [0.05, 0.1) is 11.5 Å². The maximum absolute atomic E-state index is 12.3. The molecule has 2 aromatic rings. The number of sulfonamides is 1. The Morgan fingerprint density at radius 3 is 2.32 bits per heavy atom. The molecule has 2 aromatic carbocycles. The first-order valence-corrected chi connectivity index (χ1v) is 10.8. The molecule has 0 radical (unpaired) electrons. The summed E-state index contributed by atoms with van der Waals surface area (Å²) in [5, 5.41) is 19.0. The summed E-state index contributed by atoms with van der Waals surface area (Å²) in [4.78, 5) is 23.3. The van der Waals surface area contributed by atoms with Crippen LogP contribution in [0.2, 0.25) is 0 Å². The van der Waals surface area contributed by atoms with E-state index >= 15 is 0 Å². The maximum Gasteiger partial charge on any atom is 0.323 e. The monoisotopic (exact) mass is 448 g/mol. The fourth-order valence-corrected chi connectivity index (χ4v) is 3.70. The van der Waals surface area contributed by atoms with Gasteiger partial charge in [-0.3, -0.25) is 15.0 Å². The molecule has 1 unspecified atom stereocenters. The number of ether oxygens (including phenoxy) is 1. The highest BCUT2D eigenvalue weighted by Gasteiger charge is 2.25. The van der Waals surface area contributed by atoms with Gasteiger partial charge in [0, 0.05) is 18.5 Å². The number of carboxylic acids is 1. The molecule has 0 spiro atoms. The number of nitrogen functional groups attached to an aromatic ring is 1. The van der Waals surface area contributed by atoms with E-state index in [1.807, 2.05) is 0 Å². The Hall–Kier alpha value is -3.44. The average Bonchev–Trinajstić information content (AvgIpc) is 2.75. The van der Waals surface area contributed by atoms with Crippen molar-refractivity contribution in [2.24, 2.45) is 5.73 Å². The summed E-state index contributed by atoms with van der Waals surface area (Å²) in [6.07, 6.45) is 0.442. The van der Waals surface area contributed by atoms with Crippen molar-refractivity contribution in [1.82, 2.24) is 10.0 Å². The average molecular weight is 449 g/mol. The summed E-state index contributed by atoms with van der Waals surface area (Å²) in [7, 11) is -4.04. The first kappa shape index (κ1) is 23.8. The molecule has 0 saturated carbocycles. The molecule has 0 saturated heterocycles. The van der Waals surface area contributed by atoms with Crippen molar-refractivity contribution < 1.29 is 27.9 Å². The van der Waals surface area contributed by atoms with E-state index in [9.17, 15) is 23.1 Å². The van der Waals surface area contributed by atoms with Gasteiger partial charge in [0.1, 0.15) is 17.6 Å². The summed E-state index contributed by atoms with van der Waals surface area (Å²) >= 11 is 0. The first-order valence-electron chi connectivity index (χ1n) is 9.33. The fourth-order valence-electron chi connectivity index (χ4n) is 2.49. The van der Waals surface area contributed by atoms with Gasteiger partial charge in [-0.1, -0.05) is 18.2 Å². The Balaban J connectivity index is 1.76. The maximum atomic E-state index is 12.3. The van der Waals surface area contributed by atoms with Gasteiger partial charge < -0.3 is 20.9 Å². The third-order valence-electron chi connectivity index (χ3n) is 4.13. The lowest BCUT2D eigenvalue weighted by molar-refractivity contribution is -0.138. The second kappa shape index (κ2) is 11.1. The third kappa shape index (κ3) is 7.72. The highest BCUT2D eigenvalue weighted by molar-refractivity contribution is 7.89. The smallest absolute Gasteiger partial charge is 0.323 e. The Bertz CT molecular complexity index is 1010. The minimum atomic E-state index is -4.04. The zero-order chi connectivity index (χ0) is 22.9. The van der Waals surface area contributed by atoms with E-state index in [0.29, 0.717) is 17.7 Å². The lowest BCUT2D eigenvalue weighted by Gasteiger charge is -2.15. The SMILES string of the molecule is N=C(N)c1ccc(OCCCC(=O)NCC(NS(=O)(=O)c2ccccc2)C(=O)O)cc1. The molecule has 31 heavy (non-hydrogen) atoms. The van der Waals surface area contributed by atoms with Crippen LogP contribution in [0.4, 0.5) is 0 Å². The number of hydrogen-bond acceptors (Lipinski definition) is 6. The number of carboxylic acid groups (broad SMARTS) is 1. The second-order valence-corrected chi connectivity index (χ2v) is 8.23. The zero-order valence-corrected chi connectivity index (χ0v) is 17.4. The van der Waals surface area contributed by atoms with E-state index in [-0.39, 0.29) is 23.8 Å². The molecule has 1 atom stereocenters. The summed E-state index contributed by atoms with van der Waals surface area (Å²) in [5.41, 5.74) is 5.95. The quantitative estimate of drug-likeness (QED) is 0.180. The van der Waals surface area contributed by atoms with Crippen LogP contribution in [-0.4, -0.2) is 50.4 Å². The van der Waals surface area contributed by atoms with Gasteiger partial charge in [0.15, 0.2) is 0 Å². The van der Waals surface area contributed by atoms with Crippen LogP contribution in [0.3, 0.4) is 0 Å². The molecule has 0 fully saturated rings. The number of carbonyl (C=O) groups is 2. The van der Waals surface area contributed by atoms with E-state index < -0.39 is 34.5 Å². The molecular weight excluding hydrogens is 424 g/mol. The topological polar surface area (TPSA) is 172 Å². The lowest BCUT2D eigenvalue weighted by Crippen LogP contribution is -2.48. The van der Waals surface area contributed by atoms with Gasteiger partial charge in [0.2, 0.25) is 15.9 Å². The van der Waals surface area contributed by atoms with Crippen molar-refractivity contribution >= 4 is 27.7 Å². The van der Waals surface area contributed by atoms with Crippen LogP contribution in [0.25, 0.3) is 0 Å². The first-order chi connectivity index (χ1) is 14.7. The lowest BCUT2D eigenvalue weighted by atomic mass is 10.2. The van der Waals surface area contributed by atoms with E-state index in [4.69, 9.17) is 15.9 Å². The summed E-state index contributed by atoms with van der Waals surface area (Å²) in [5.74, 6) is -1.32. The van der Waals surface area contributed by atoms with Crippen molar-refractivity contribution in [2.75, 3.05) is 13.2 Å². The highest BCUT2D eigenvalue weighted by Crippen LogP contribution is 2.12. The van der Waals surface area contributed by atoms with E-state index in [2.05, 4.69) is 10.0 Å². The molecule has 0 aliphatic rings. The van der Waals surface area contributed by atoms with E-state index in [1.54, 1.807) is 30.3 Å². The van der Waals surface area contributed by atoms with Crippen molar-refractivity contribution in [1.29, 1.82) is 5.41 Å². The molecule has 10 nitrogen and oxygen atoms in total. The Kier molecular flexibility index (Phi) is 8.53. The molecule has 0 aliphatic carbocycles. The largest absolute Gasteiger partial charge is 0.494 e. The standard InChI is InChI=1S/C20H24N4O6S/c21-19(22)14-8-10-15(11-9-14)30-12-4-7-18(25)23-13-17(20(26)27)24-31(28,29)16-5-2-1-3-6-16/h1-3,5-6,8-11,17,24H,4,7,12-13H2,(H3,21,22)(H,23,25)(H,26,27). The van der Waals surface area contributed by atoms with Crippen molar-refractivity contribution in [2.45, 2.75) is 23.8 Å². The highest BCUT2D eigenvalue weighted by atomic mass is 32.2.